The molecule has 3 N–H and O–H groups in total. The summed E-state index contributed by atoms with van der Waals surface area (Å²) in [5, 5.41) is 5.06. The molecule has 7 rings (SSSR count). The average molecular weight is 798 g/mol. The Kier molecular flexibility index (Phi) is 11.1. The van der Waals surface area contributed by atoms with Crippen LogP contribution in [0, 0.1) is 16.7 Å². The van der Waals surface area contributed by atoms with Crippen molar-refractivity contribution < 1.29 is 41.9 Å². The van der Waals surface area contributed by atoms with Gasteiger partial charge in [0.05, 0.1) is 18.4 Å². The molecule has 1 spiro atoms. The van der Waals surface area contributed by atoms with Crippen molar-refractivity contribution in [1.29, 1.82) is 0 Å². The molecule has 3 aliphatic carbocycles. The first-order valence-corrected chi connectivity index (χ1v) is 22.3. The van der Waals surface area contributed by atoms with Gasteiger partial charge < -0.3 is 25.0 Å². The van der Waals surface area contributed by atoms with Crippen LogP contribution in [-0.2, 0) is 53.4 Å². The first kappa shape index (κ1) is 40.3. The molecule has 0 unspecified atom stereocenters. The van der Waals surface area contributed by atoms with Crippen LogP contribution in [0.2, 0.25) is 0 Å². The fourth-order valence-electron chi connectivity index (χ4n) is 9.52. The molecule has 1 saturated heterocycles. The van der Waals surface area contributed by atoms with Gasteiger partial charge in [0.15, 0.2) is 0 Å². The molecule has 4 bridgehead atoms. The van der Waals surface area contributed by atoms with Gasteiger partial charge in [-0.2, -0.15) is 0 Å². The largest absolute Gasteiger partial charge is 0.449 e. The highest BCUT2D eigenvalue weighted by Crippen LogP contribution is 2.47. The van der Waals surface area contributed by atoms with E-state index in [1.807, 2.05) is 39.8 Å². The van der Waals surface area contributed by atoms with Crippen molar-refractivity contribution in [1.82, 2.24) is 25.2 Å². The first-order valence-electron chi connectivity index (χ1n) is 20.7. The van der Waals surface area contributed by atoms with Crippen LogP contribution in [0.15, 0.2) is 18.2 Å². The summed E-state index contributed by atoms with van der Waals surface area (Å²) < 4.78 is 39.7. The maximum atomic E-state index is 14.7. The summed E-state index contributed by atoms with van der Waals surface area (Å²) in [6.07, 6.45) is 8.51. The minimum atomic E-state index is -3.88. The summed E-state index contributed by atoms with van der Waals surface area (Å²) in [6.45, 7) is 8.23. The smallest absolute Gasteiger partial charge is 0.410 e. The standard InChI is InChI=1S/C41H59N5O9S/c1-5-28-21-41(28,36(49)44-56(52,53)30-15-16-30)43-34(47)32-20-29-23-46(32)35(48)33(39(2,3)4)42-37(50)54-25-40(17-8-6-9-18-40)19-10-7-12-26-13-11-14-27-22-45(24-31(26)27)38(51)55-29/h11,13-14,28-30,32-33H,5-10,12,15-25H2,1-4H3,(H,42,50)(H,43,47)(H,44,49)/t28-,29+,32-,33+,41+/m0/s1. The summed E-state index contributed by atoms with van der Waals surface area (Å²) in [4.78, 5) is 72.9. The molecule has 4 fully saturated rings. The van der Waals surface area contributed by atoms with Gasteiger partial charge in [-0.25, -0.2) is 18.0 Å². The lowest BCUT2D eigenvalue weighted by Crippen LogP contribution is -2.60. The minimum absolute atomic E-state index is 0.0476. The maximum Gasteiger partial charge on any atom is 0.410 e. The number of carbonyl (C=O) groups is 5. The van der Waals surface area contributed by atoms with E-state index in [1.54, 1.807) is 4.90 Å². The first-order chi connectivity index (χ1) is 26.5. The molecule has 3 aliphatic heterocycles. The number of ether oxygens (including phenoxy) is 2. The van der Waals surface area contributed by atoms with Crippen molar-refractivity contribution in [2.45, 2.75) is 160 Å². The third-order valence-corrected chi connectivity index (χ3v) is 15.0. The lowest BCUT2D eigenvalue weighted by Gasteiger charge is -2.38. The molecular weight excluding hydrogens is 739 g/mol. The molecule has 6 aliphatic rings. The number of fused-ring (bicyclic) bond motifs is 3. The predicted molar refractivity (Wildman–Crippen MR) is 206 cm³/mol. The highest BCUT2D eigenvalue weighted by molar-refractivity contribution is 7.91. The molecule has 0 aromatic heterocycles. The van der Waals surface area contributed by atoms with Crippen molar-refractivity contribution in [2.24, 2.45) is 16.7 Å². The van der Waals surface area contributed by atoms with Crippen LogP contribution in [0.1, 0.15) is 128 Å². The number of benzene rings is 1. The van der Waals surface area contributed by atoms with Crippen molar-refractivity contribution in [3.05, 3.63) is 34.9 Å². The molecule has 15 heteroatoms. The van der Waals surface area contributed by atoms with Gasteiger partial charge in [-0.15, -0.1) is 0 Å². The van der Waals surface area contributed by atoms with Gasteiger partial charge in [0.2, 0.25) is 21.8 Å². The normalized spacial score (nSPS) is 29.9. The topological polar surface area (TPSA) is 181 Å². The highest BCUT2D eigenvalue weighted by atomic mass is 32.2. The number of cyclic esters (lactones) is 1. The van der Waals surface area contributed by atoms with Gasteiger partial charge in [-0.3, -0.25) is 24.0 Å². The van der Waals surface area contributed by atoms with Crippen molar-refractivity contribution in [2.75, 3.05) is 13.2 Å². The summed E-state index contributed by atoms with van der Waals surface area (Å²) >= 11 is 0. The zero-order valence-electron chi connectivity index (χ0n) is 33.3. The number of sulfonamides is 1. The van der Waals surface area contributed by atoms with Crippen molar-refractivity contribution >= 4 is 39.9 Å². The van der Waals surface area contributed by atoms with Crippen LogP contribution >= 0.6 is 0 Å². The summed E-state index contributed by atoms with van der Waals surface area (Å²) in [5.41, 5.74) is 0.996. The zero-order valence-corrected chi connectivity index (χ0v) is 34.1. The van der Waals surface area contributed by atoms with E-state index in [1.165, 1.54) is 10.5 Å². The number of hydrogen-bond acceptors (Lipinski definition) is 9. The number of nitrogens with one attached hydrogen (secondary N) is 3. The maximum absolute atomic E-state index is 14.7. The Hall–Kier alpha value is -3.88. The Bertz CT molecular complexity index is 1840. The monoisotopic (exact) mass is 797 g/mol. The lowest BCUT2D eigenvalue weighted by atomic mass is 9.71. The Labute approximate surface area is 330 Å². The molecule has 3 heterocycles. The van der Waals surface area contributed by atoms with E-state index >= 15 is 0 Å². The van der Waals surface area contributed by atoms with Crippen molar-refractivity contribution in [3.63, 3.8) is 0 Å². The summed E-state index contributed by atoms with van der Waals surface area (Å²) in [5.74, 6) is -2.29. The van der Waals surface area contributed by atoms with Crippen LogP contribution in [0.3, 0.4) is 0 Å². The van der Waals surface area contributed by atoms with Gasteiger partial charge in [-0.05, 0) is 79.4 Å². The second-order valence-corrected chi connectivity index (χ2v) is 20.4. The molecular formula is C41H59N5O9S. The number of rotatable bonds is 6. The van der Waals surface area contributed by atoms with Gasteiger partial charge in [0, 0.05) is 24.9 Å². The van der Waals surface area contributed by atoms with Crippen molar-refractivity contribution in [3.8, 4) is 0 Å². The molecule has 1 aromatic carbocycles. The zero-order chi connectivity index (χ0) is 40.0. The van der Waals surface area contributed by atoms with Gasteiger partial charge in [-0.1, -0.05) is 78.0 Å². The third kappa shape index (κ3) is 8.38. The summed E-state index contributed by atoms with van der Waals surface area (Å²) in [7, 11) is -3.88. The van der Waals surface area contributed by atoms with E-state index in [-0.39, 0.29) is 37.3 Å². The molecule has 56 heavy (non-hydrogen) atoms. The molecule has 308 valence electrons. The minimum Gasteiger partial charge on any atom is -0.449 e. The van der Waals surface area contributed by atoms with E-state index in [0.717, 1.165) is 68.9 Å². The van der Waals surface area contributed by atoms with Crippen LogP contribution in [-0.4, -0.2) is 90.3 Å². The Morgan fingerprint density at radius 3 is 2.34 bits per heavy atom. The third-order valence-electron chi connectivity index (χ3n) is 13.2. The van der Waals surface area contributed by atoms with Crippen LogP contribution < -0.4 is 15.4 Å². The molecule has 14 nitrogen and oxygen atoms in total. The van der Waals surface area contributed by atoms with E-state index in [9.17, 15) is 32.4 Å². The number of hydrogen-bond donors (Lipinski definition) is 3. The number of nitrogens with zero attached hydrogens (tertiary/aromatic N) is 2. The van der Waals surface area contributed by atoms with Crippen LogP contribution in [0.4, 0.5) is 9.59 Å². The number of amides is 5. The quantitative estimate of drug-likeness (QED) is 0.364. The molecule has 1 aromatic rings. The van der Waals surface area contributed by atoms with Gasteiger partial charge in [0.1, 0.15) is 23.7 Å². The fraction of sp³-hybridized carbons (Fsp3) is 0.732. The van der Waals surface area contributed by atoms with Crippen LogP contribution in [0.25, 0.3) is 0 Å². The highest BCUT2D eigenvalue weighted by Gasteiger charge is 2.62. The van der Waals surface area contributed by atoms with E-state index in [2.05, 4.69) is 21.4 Å². The fourth-order valence-corrected chi connectivity index (χ4v) is 10.9. The van der Waals surface area contributed by atoms with Gasteiger partial charge >= 0.3 is 12.2 Å². The molecule has 5 atom stereocenters. The molecule has 5 amide bonds. The average Bonchev–Trinajstić information content (AvgIpc) is 4.05. The Morgan fingerprint density at radius 1 is 0.982 bits per heavy atom. The Morgan fingerprint density at radius 2 is 1.68 bits per heavy atom. The predicted octanol–water partition coefficient (Wildman–Crippen LogP) is 4.82. The number of alkyl carbamates (subject to hydrolysis) is 1. The van der Waals surface area contributed by atoms with Crippen LogP contribution in [0.5, 0.6) is 0 Å². The van der Waals surface area contributed by atoms with E-state index < -0.39 is 74.3 Å². The van der Waals surface area contributed by atoms with E-state index in [4.69, 9.17) is 9.47 Å². The Balaban J connectivity index is 1.17. The summed E-state index contributed by atoms with van der Waals surface area (Å²) in [6, 6.07) is 3.90. The molecule has 0 radical (unpaired) electrons. The SMILES string of the molecule is CC[C@H]1C[C@]1(NC(=O)[C@@H]1C[C@@H]2CN1C(=O)[C@H](C(C)(C)C)NC(=O)OCC1(CCCCC1)CCCCc1cccc3c1CN(C3)C(=O)O2)C(=O)NS(=O)(=O)C1CC1. The van der Waals surface area contributed by atoms with Gasteiger partial charge in [0.25, 0.3) is 5.91 Å². The lowest BCUT2D eigenvalue weighted by molar-refractivity contribution is -0.143. The molecule has 3 saturated carbocycles. The van der Waals surface area contributed by atoms with E-state index in [0.29, 0.717) is 32.4 Å². The second kappa shape index (κ2) is 15.5. The second-order valence-electron chi connectivity index (χ2n) is 18.4. The number of carbonyl (C=O) groups excluding carboxylic acids is 5. The number of aryl methyl sites for hydroxylation is 1.